The van der Waals surface area contributed by atoms with E-state index in [1.807, 2.05) is 11.4 Å². The first-order chi connectivity index (χ1) is 6.90. The lowest BCUT2D eigenvalue weighted by atomic mass is 9.84. The van der Waals surface area contributed by atoms with Crippen LogP contribution in [-0.4, -0.2) is 51.7 Å². The zero-order valence-corrected chi connectivity index (χ0v) is 11.9. The van der Waals surface area contributed by atoms with Crippen molar-refractivity contribution in [2.75, 3.05) is 26.2 Å². The van der Waals surface area contributed by atoms with Crippen molar-refractivity contribution in [2.45, 2.75) is 31.6 Å². The van der Waals surface area contributed by atoms with Crippen molar-refractivity contribution >= 4 is 26.4 Å². The van der Waals surface area contributed by atoms with Gasteiger partial charge in [0.2, 0.25) is 0 Å². The van der Waals surface area contributed by atoms with E-state index >= 15 is 0 Å². The van der Waals surface area contributed by atoms with Crippen LogP contribution in [0.2, 0.25) is 0 Å². The number of ether oxygens (including phenoxy) is 2. The Hall–Kier alpha value is 0.765. The Kier molecular flexibility index (Phi) is 4.98. The van der Waals surface area contributed by atoms with Crippen molar-refractivity contribution in [1.82, 2.24) is 0 Å². The number of rotatable bonds is 4. The highest BCUT2D eigenvalue weighted by Crippen LogP contribution is 2.48. The van der Waals surface area contributed by atoms with Gasteiger partial charge in [0.1, 0.15) is 7.85 Å². The summed E-state index contributed by atoms with van der Waals surface area (Å²) in [7, 11) is 7.67. The van der Waals surface area contributed by atoms with E-state index in [2.05, 4.69) is 27.2 Å². The van der Waals surface area contributed by atoms with Gasteiger partial charge in [-0.05, 0) is 20.3 Å². The van der Waals surface area contributed by atoms with Gasteiger partial charge in [-0.1, -0.05) is 14.0 Å². The fourth-order valence-corrected chi connectivity index (χ4v) is 4.27. The van der Waals surface area contributed by atoms with Crippen LogP contribution in [0.25, 0.3) is 0 Å². The number of methoxy groups -OCH3 is 1. The van der Waals surface area contributed by atoms with Gasteiger partial charge < -0.3 is 9.47 Å². The first-order valence-corrected chi connectivity index (χ1v) is 9.00. The standard InChI is InChI=1S/C10H20BO2PS/c1-7-8(12-3)9(11)13-10(7,2)6-15-14(4)5/h7-9H,6H2,1-5H3/t7-,8?,9-,10-/m1/s1. The molecule has 15 heavy (non-hydrogen) atoms. The lowest BCUT2D eigenvalue weighted by molar-refractivity contribution is 0.0000745. The van der Waals surface area contributed by atoms with Crippen LogP contribution in [0.4, 0.5) is 0 Å². The molecule has 1 rings (SSSR count). The molecule has 1 fully saturated rings. The maximum atomic E-state index is 5.91. The fourth-order valence-electron chi connectivity index (χ4n) is 1.88. The van der Waals surface area contributed by atoms with Crippen LogP contribution in [0.15, 0.2) is 0 Å². The van der Waals surface area contributed by atoms with Gasteiger partial charge >= 0.3 is 0 Å². The molecule has 1 aliphatic rings. The molecule has 1 heterocycles. The summed E-state index contributed by atoms with van der Waals surface area (Å²) in [6, 6.07) is -0.282. The second-order valence-electron chi connectivity index (χ2n) is 4.47. The van der Waals surface area contributed by atoms with Gasteiger partial charge in [0.25, 0.3) is 0 Å². The highest BCUT2D eigenvalue weighted by atomic mass is 32.7. The van der Waals surface area contributed by atoms with Crippen molar-refractivity contribution < 1.29 is 9.47 Å². The summed E-state index contributed by atoms with van der Waals surface area (Å²) in [4.78, 5) is 0. The lowest BCUT2D eigenvalue weighted by Crippen LogP contribution is -2.36. The molecule has 0 aromatic heterocycles. The van der Waals surface area contributed by atoms with E-state index in [9.17, 15) is 0 Å². The third kappa shape index (κ3) is 3.12. The quantitative estimate of drug-likeness (QED) is 0.560. The Labute approximate surface area is 99.8 Å². The van der Waals surface area contributed by atoms with Crippen LogP contribution in [0.1, 0.15) is 13.8 Å². The summed E-state index contributed by atoms with van der Waals surface area (Å²) in [6.45, 7) is 8.82. The van der Waals surface area contributed by atoms with Gasteiger partial charge in [-0.15, -0.1) is 11.4 Å². The normalized spacial score (nSPS) is 41.3. The minimum atomic E-state index is -0.282. The second-order valence-corrected chi connectivity index (χ2v) is 9.61. The van der Waals surface area contributed by atoms with E-state index in [1.54, 1.807) is 7.11 Å². The average Bonchev–Trinajstić information content (AvgIpc) is 2.36. The zero-order chi connectivity index (χ0) is 11.6. The van der Waals surface area contributed by atoms with Crippen LogP contribution in [0.5, 0.6) is 0 Å². The maximum Gasteiger partial charge on any atom is 0.112 e. The molecule has 5 heteroatoms. The third-order valence-electron chi connectivity index (χ3n) is 3.07. The maximum absolute atomic E-state index is 5.91. The van der Waals surface area contributed by atoms with Gasteiger partial charge in [0, 0.05) is 24.8 Å². The molecular weight excluding hydrogens is 226 g/mol. The van der Waals surface area contributed by atoms with Crippen molar-refractivity contribution in [3.05, 3.63) is 0 Å². The smallest absolute Gasteiger partial charge is 0.112 e. The van der Waals surface area contributed by atoms with Crippen molar-refractivity contribution in [1.29, 1.82) is 0 Å². The van der Waals surface area contributed by atoms with E-state index in [-0.39, 0.29) is 24.8 Å². The first-order valence-electron chi connectivity index (χ1n) is 5.17. The van der Waals surface area contributed by atoms with Crippen molar-refractivity contribution in [2.24, 2.45) is 5.92 Å². The largest absolute Gasteiger partial charge is 0.379 e. The molecule has 0 amide bonds. The van der Waals surface area contributed by atoms with Crippen LogP contribution >= 0.6 is 18.5 Å². The van der Waals surface area contributed by atoms with Crippen molar-refractivity contribution in [3.63, 3.8) is 0 Å². The van der Waals surface area contributed by atoms with E-state index < -0.39 is 0 Å². The molecule has 0 spiro atoms. The summed E-state index contributed by atoms with van der Waals surface area (Å²) in [6.07, 6.45) is 0.0236. The molecule has 2 radical (unpaired) electrons. The highest BCUT2D eigenvalue weighted by Gasteiger charge is 2.47. The molecule has 0 N–H and O–H groups in total. The molecular formula is C10H20BO2PS. The minimum Gasteiger partial charge on any atom is -0.379 e. The molecule has 1 unspecified atom stereocenters. The van der Waals surface area contributed by atoms with Crippen LogP contribution in [-0.2, 0) is 9.47 Å². The topological polar surface area (TPSA) is 18.5 Å². The predicted octanol–water partition coefficient (Wildman–Crippen LogP) is 2.31. The van der Waals surface area contributed by atoms with Crippen molar-refractivity contribution in [3.8, 4) is 0 Å². The Balaban J connectivity index is 2.61. The minimum absolute atomic E-state index is 0.0236. The van der Waals surface area contributed by atoms with Crippen LogP contribution < -0.4 is 0 Å². The summed E-state index contributed by atoms with van der Waals surface area (Å²) >= 11 is 1.97. The van der Waals surface area contributed by atoms with Crippen LogP contribution in [0.3, 0.4) is 0 Å². The van der Waals surface area contributed by atoms with E-state index in [0.29, 0.717) is 5.92 Å². The molecule has 2 nitrogen and oxygen atoms in total. The SMILES string of the molecule is [B][C@@H]1O[C@](C)(CSP(C)C)[C@H](C)C1OC. The van der Waals surface area contributed by atoms with Crippen LogP contribution in [0, 0.1) is 5.92 Å². The average molecular weight is 246 g/mol. The van der Waals surface area contributed by atoms with Gasteiger partial charge in [0.15, 0.2) is 0 Å². The monoisotopic (exact) mass is 246 g/mol. The summed E-state index contributed by atoms with van der Waals surface area (Å²) < 4.78 is 11.2. The molecule has 0 saturated carbocycles. The summed E-state index contributed by atoms with van der Waals surface area (Å²) in [5, 5.41) is 0. The lowest BCUT2D eigenvalue weighted by Gasteiger charge is -2.29. The van der Waals surface area contributed by atoms with Gasteiger partial charge in [-0.2, -0.15) is 0 Å². The third-order valence-corrected chi connectivity index (χ3v) is 6.22. The Bertz CT molecular complexity index is 218. The number of hydrogen-bond acceptors (Lipinski definition) is 3. The highest BCUT2D eigenvalue weighted by molar-refractivity contribution is 8.55. The van der Waals surface area contributed by atoms with E-state index in [1.165, 1.54) is 0 Å². The molecule has 0 aromatic rings. The molecule has 86 valence electrons. The molecule has 1 saturated heterocycles. The Morgan fingerprint density at radius 3 is 2.53 bits per heavy atom. The fraction of sp³-hybridized carbons (Fsp3) is 1.00. The number of hydrogen-bond donors (Lipinski definition) is 0. The molecule has 1 aliphatic heterocycles. The van der Waals surface area contributed by atoms with Gasteiger partial charge in [0.05, 0.1) is 11.7 Å². The summed E-state index contributed by atoms with van der Waals surface area (Å²) in [5.74, 6) is 1.35. The Morgan fingerprint density at radius 2 is 2.13 bits per heavy atom. The second kappa shape index (κ2) is 5.40. The summed E-state index contributed by atoms with van der Waals surface area (Å²) in [5.41, 5.74) is -0.142. The molecule has 0 aromatic carbocycles. The van der Waals surface area contributed by atoms with Gasteiger partial charge in [-0.3, -0.25) is 0 Å². The molecule has 0 aliphatic carbocycles. The van der Waals surface area contributed by atoms with E-state index in [4.69, 9.17) is 17.3 Å². The molecule has 0 bridgehead atoms. The van der Waals surface area contributed by atoms with E-state index in [0.717, 1.165) is 5.75 Å². The zero-order valence-electron chi connectivity index (χ0n) is 10.2. The Morgan fingerprint density at radius 1 is 1.53 bits per heavy atom. The molecule has 4 atom stereocenters. The first kappa shape index (κ1) is 13.8. The van der Waals surface area contributed by atoms with Gasteiger partial charge in [-0.25, -0.2) is 0 Å². The predicted molar refractivity (Wildman–Crippen MR) is 70.2 cm³/mol.